The second-order valence-corrected chi connectivity index (χ2v) is 10.8. The molecule has 4 heterocycles. The molecule has 0 radical (unpaired) electrons. The number of halogens is 15. The third kappa shape index (κ3) is 4.05. The first-order valence-electron chi connectivity index (χ1n) is 12.8. The Hall–Kier alpha value is -4.52. The molecule has 48 heavy (non-hydrogen) atoms. The number of anilines is 1. The van der Waals surface area contributed by atoms with Gasteiger partial charge < -0.3 is 9.80 Å². The molecule has 0 N–H and O–H groups in total. The summed E-state index contributed by atoms with van der Waals surface area (Å²) in [5.41, 5.74) is -0.298. The fourth-order valence-electron chi connectivity index (χ4n) is 5.84. The van der Waals surface area contributed by atoms with Crippen molar-refractivity contribution in [3.05, 3.63) is 36.0 Å². The summed E-state index contributed by atoms with van der Waals surface area (Å²) in [5, 5.41) is 9.33. The van der Waals surface area contributed by atoms with Crippen LogP contribution in [-0.2, 0) is 9.59 Å². The molecule has 4 amide bonds. The van der Waals surface area contributed by atoms with E-state index in [9.17, 15) is 85.5 Å². The molecule has 3 unspecified atom stereocenters. The molecule has 2 aromatic rings. The van der Waals surface area contributed by atoms with Gasteiger partial charge in [-0.1, -0.05) is 0 Å². The molecule has 260 valence electrons. The van der Waals surface area contributed by atoms with E-state index in [0.29, 0.717) is 9.80 Å². The summed E-state index contributed by atoms with van der Waals surface area (Å²) in [6.45, 7) is -1.25. The SMILES string of the molecule is N#Cc1ccc(N2C(=O)C3C4CC(CN4C(=O)C(F)(F)C(F)(F)C(F)(F)C(F)(F)C(F)(F)C(F)(F)C(F)(F)F)N3C2=O)c2cccnc12. The summed E-state index contributed by atoms with van der Waals surface area (Å²) in [6.07, 6.45) is -7.20. The minimum Gasteiger partial charge on any atom is -0.330 e. The Morgan fingerprint density at radius 1 is 0.812 bits per heavy atom. The lowest BCUT2D eigenvalue weighted by atomic mass is 9.90. The number of rotatable bonds is 7. The van der Waals surface area contributed by atoms with Gasteiger partial charge in [-0.2, -0.15) is 71.1 Å². The van der Waals surface area contributed by atoms with Crippen molar-refractivity contribution in [3.8, 4) is 6.07 Å². The highest BCUT2D eigenvalue weighted by Crippen LogP contribution is 2.62. The Kier molecular flexibility index (Phi) is 7.25. The number of urea groups is 1. The average molecular weight is 715 g/mol. The highest BCUT2D eigenvalue weighted by atomic mass is 19.4. The van der Waals surface area contributed by atoms with Crippen molar-refractivity contribution in [3.63, 3.8) is 0 Å². The number of amides is 4. The molecule has 3 saturated heterocycles. The van der Waals surface area contributed by atoms with Crippen molar-refractivity contribution >= 4 is 34.4 Å². The molecule has 1 aromatic heterocycles. The number of pyridine rings is 1. The number of carbonyl (C=O) groups excluding carboxylic acids is 3. The molecule has 8 nitrogen and oxygen atoms in total. The summed E-state index contributed by atoms with van der Waals surface area (Å²) in [6, 6.07) is -0.0638. The van der Waals surface area contributed by atoms with Crippen molar-refractivity contribution in [1.29, 1.82) is 5.26 Å². The van der Waals surface area contributed by atoms with Crippen LogP contribution in [0.25, 0.3) is 10.9 Å². The number of imide groups is 1. The van der Waals surface area contributed by atoms with Gasteiger partial charge in [-0.05, 0) is 30.7 Å². The fourth-order valence-corrected chi connectivity index (χ4v) is 5.84. The minimum absolute atomic E-state index is 0.0157. The lowest BCUT2D eigenvalue weighted by molar-refractivity contribution is -0.450. The van der Waals surface area contributed by atoms with Crippen LogP contribution in [0.4, 0.5) is 76.3 Å². The van der Waals surface area contributed by atoms with E-state index in [1.165, 1.54) is 18.3 Å². The molecule has 3 aliphatic heterocycles. The van der Waals surface area contributed by atoms with Gasteiger partial charge in [0, 0.05) is 18.1 Å². The van der Waals surface area contributed by atoms with Crippen molar-refractivity contribution in [2.75, 3.05) is 11.4 Å². The van der Waals surface area contributed by atoms with Gasteiger partial charge in [0.15, 0.2) is 0 Å². The number of fused-ring (bicyclic) bond motifs is 6. The number of likely N-dealkylation sites (tertiary alicyclic amines) is 1. The normalized spacial score (nSPS) is 22.5. The summed E-state index contributed by atoms with van der Waals surface area (Å²) in [7, 11) is 0. The zero-order valence-electron chi connectivity index (χ0n) is 22.7. The second-order valence-electron chi connectivity index (χ2n) is 10.8. The first-order valence-corrected chi connectivity index (χ1v) is 12.8. The Balaban J connectivity index is 1.47. The maximum atomic E-state index is 14.8. The number of piperazine rings is 1. The molecule has 2 bridgehead atoms. The van der Waals surface area contributed by atoms with Crippen LogP contribution in [0.15, 0.2) is 30.5 Å². The minimum atomic E-state index is -8.57. The number of hydrogen-bond acceptors (Lipinski definition) is 5. The van der Waals surface area contributed by atoms with Crippen LogP contribution in [0.5, 0.6) is 0 Å². The Labute approximate surface area is 255 Å². The molecule has 0 saturated carbocycles. The fraction of sp³-hybridized carbons (Fsp3) is 0.480. The largest absolute Gasteiger partial charge is 0.460 e. The lowest BCUT2D eigenvalue weighted by Crippen LogP contribution is -2.74. The van der Waals surface area contributed by atoms with E-state index >= 15 is 0 Å². The summed E-state index contributed by atoms with van der Waals surface area (Å²) in [4.78, 5) is 44.0. The van der Waals surface area contributed by atoms with E-state index in [1.807, 2.05) is 0 Å². The van der Waals surface area contributed by atoms with Crippen molar-refractivity contribution < 1.29 is 80.2 Å². The number of alkyl halides is 15. The third-order valence-electron chi connectivity index (χ3n) is 8.23. The van der Waals surface area contributed by atoms with Gasteiger partial charge in [-0.15, -0.1) is 0 Å². The summed E-state index contributed by atoms with van der Waals surface area (Å²) < 4.78 is 205. The van der Waals surface area contributed by atoms with E-state index in [2.05, 4.69) is 4.98 Å². The van der Waals surface area contributed by atoms with Gasteiger partial charge in [0.2, 0.25) is 0 Å². The van der Waals surface area contributed by atoms with Crippen LogP contribution in [0.3, 0.4) is 0 Å². The Morgan fingerprint density at radius 2 is 1.38 bits per heavy atom. The van der Waals surface area contributed by atoms with Crippen molar-refractivity contribution in [2.45, 2.75) is 66.3 Å². The van der Waals surface area contributed by atoms with Crippen LogP contribution < -0.4 is 4.90 Å². The topological polar surface area (TPSA) is 97.6 Å². The first kappa shape index (κ1) is 34.8. The van der Waals surface area contributed by atoms with E-state index in [-0.39, 0.29) is 22.2 Å². The number of hydrogen-bond donors (Lipinski definition) is 0. The molecule has 3 fully saturated rings. The molecule has 3 aliphatic rings. The molecular weight excluding hydrogens is 703 g/mol. The highest BCUT2D eigenvalue weighted by Gasteiger charge is 2.94. The summed E-state index contributed by atoms with van der Waals surface area (Å²) in [5.74, 6) is -53.8. The van der Waals surface area contributed by atoms with Crippen LogP contribution in [0.2, 0.25) is 0 Å². The predicted molar refractivity (Wildman–Crippen MR) is 125 cm³/mol. The van der Waals surface area contributed by atoms with Gasteiger partial charge >= 0.3 is 47.7 Å². The molecule has 0 aliphatic carbocycles. The molecular formula is C25H12F15N5O3. The lowest BCUT2D eigenvalue weighted by Gasteiger charge is -2.42. The van der Waals surface area contributed by atoms with Crippen LogP contribution in [0.1, 0.15) is 12.0 Å². The van der Waals surface area contributed by atoms with Crippen LogP contribution in [-0.4, -0.2) is 99.0 Å². The van der Waals surface area contributed by atoms with Crippen molar-refractivity contribution in [2.24, 2.45) is 0 Å². The highest BCUT2D eigenvalue weighted by molar-refractivity contribution is 6.25. The quantitative estimate of drug-likeness (QED) is 0.275. The first-order chi connectivity index (χ1) is 21.7. The standard InChI is InChI=1S/C25H12F15N5O3/c26-19(27,20(28,29)21(30,31)22(32,33)23(34,35)24(36,37)25(38,39)40)17(47)43-8-10-6-13(43)15-16(46)45(18(48)44(10)15)12-4-3-9(7-41)14-11(12)2-1-5-42-14/h1-5,10,13,15H,6,8H2. The number of benzene rings is 1. The molecule has 5 rings (SSSR count). The van der Waals surface area contributed by atoms with Crippen LogP contribution >= 0.6 is 0 Å². The van der Waals surface area contributed by atoms with Gasteiger partial charge in [-0.25, -0.2) is 9.69 Å². The molecule has 3 atom stereocenters. The zero-order chi connectivity index (χ0) is 36.4. The number of carbonyl (C=O) groups is 3. The van der Waals surface area contributed by atoms with Gasteiger partial charge in [0.1, 0.15) is 12.1 Å². The predicted octanol–water partition coefficient (Wildman–Crippen LogP) is 5.60. The van der Waals surface area contributed by atoms with E-state index in [1.54, 1.807) is 6.07 Å². The average Bonchev–Trinajstić information content (AvgIpc) is 3.66. The zero-order valence-corrected chi connectivity index (χ0v) is 22.7. The van der Waals surface area contributed by atoms with E-state index in [0.717, 1.165) is 12.1 Å². The van der Waals surface area contributed by atoms with Crippen LogP contribution in [0, 0.1) is 11.3 Å². The summed E-state index contributed by atoms with van der Waals surface area (Å²) >= 11 is 0. The monoisotopic (exact) mass is 715 g/mol. The molecule has 1 aromatic carbocycles. The Bertz CT molecular complexity index is 1770. The Morgan fingerprint density at radius 3 is 1.94 bits per heavy atom. The van der Waals surface area contributed by atoms with Gasteiger partial charge in [-0.3, -0.25) is 14.6 Å². The third-order valence-corrected chi connectivity index (χ3v) is 8.23. The van der Waals surface area contributed by atoms with Gasteiger partial charge in [0.05, 0.1) is 28.9 Å². The number of aromatic nitrogens is 1. The smallest absolute Gasteiger partial charge is 0.330 e. The van der Waals surface area contributed by atoms with Crippen molar-refractivity contribution in [1.82, 2.24) is 14.8 Å². The maximum absolute atomic E-state index is 14.8. The molecule has 23 heteroatoms. The second kappa shape index (κ2) is 10.0. The van der Waals surface area contributed by atoms with E-state index < -0.39 is 95.5 Å². The maximum Gasteiger partial charge on any atom is 0.460 e. The molecule has 0 spiro atoms. The van der Waals surface area contributed by atoms with E-state index in [4.69, 9.17) is 0 Å². The number of nitrogens with zero attached hydrogens (tertiary/aromatic N) is 5. The van der Waals surface area contributed by atoms with Gasteiger partial charge in [0.25, 0.3) is 11.8 Å². The number of nitriles is 1.